The maximum atomic E-state index is 12.3. The maximum absolute atomic E-state index is 12.3. The van der Waals surface area contributed by atoms with Crippen molar-refractivity contribution >= 4 is 34.2 Å². The number of rotatable bonds is 10. The van der Waals surface area contributed by atoms with Crippen LogP contribution < -0.4 is 20.1 Å². The SMILES string of the molecule is CCOc1cc(CNCc2nc3ccccc3[nH]2)cc(Cl)c1OCC(=O)Nc1ccc(C)cc1. The lowest BCUT2D eigenvalue weighted by molar-refractivity contribution is -0.118. The maximum Gasteiger partial charge on any atom is 0.262 e. The van der Waals surface area contributed by atoms with E-state index in [1.807, 2.05) is 74.5 Å². The highest BCUT2D eigenvalue weighted by molar-refractivity contribution is 6.32. The summed E-state index contributed by atoms with van der Waals surface area (Å²) >= 11 is 6.50. The summed E-state index contributed by atoms with van der Waals surface area (Å²) in [6, 6.07) is 19.2. The van der Waals surface area contributed by atoms with Gasteiger partial charge in [0, 0.05) is 12.2 Å². The Labute approximate surface area is 203 Å². The van der Waals surface area contributed by atoms with E-state index in [4.69, 9.17) is 21.1 Å². The van der Waals surface area contributed by atoms with Crippen molar-refractivity contribution in [2.24, 2.45) is 0 Å². The molecule has 176 valence electrons. The topological polar surface area (TPSA) is 88.3 Å². The van der Waals surface area contributed by atoms with Crippen LogP contribution in [0.2, 0.25) is 5.02 Å². The van der Waals surface area contributed by atoms with Crippen molar-refractivity contribution < 1.29 is 14.3 Å². The molecule has 0 radical (unpaired) electrons. The van der Waals surface area contributed by atoms with E-state index in [1.54, 1.807) is 0 Å². The number of hydrogen-bond acceptors (Lipinski definition) is 5. The summed E-state index contributed by atoms with van der Waals surface area (Å²) in [5.74, 6) is 1.43. The number of hydrogen-bond donors (Lipinski definition) is 3. The van der Waals surface area contributed by atoms with E-state index in [1.165, 1.54) is 0 Å². The van der Waals surface area contributed by atoms with Gasteiger partial charge in [-0.3, -0.25) is 4.79 Å². The van der Waals surface area contributed by atoms with Gasteiger partial charge >= 0.3 is 0 Å². The van der Waals surface area contributed by atoms with Gasteiger partial charge in [-0.1, -0.05) is 41.4 Å². The molecule has 0 fully saturated rings. The fourth-order valence-electron chi connectivity index (χ4n) is 3.51. The second kappa shape index (κ2) is 11.0. The highest BCUT2D eigenvalue weighted by atomic mass is 35.5. The molecule has 3 aromatic carbocycles. The van der Waals surface area contributed by atoms with Crippen LogP contribution in [0.5, 0.6) is 11.5 Å². The third kappa shape index (κ3) is 6.07. The largest absolute Gasteiger partial charge is 0.490 e. The normalized spacial score (nSPS) is 10.9. The molecule has 0 aliphatic heterocycles. The van der Waals surface area contributed by atoms with Crippen LogP contribution >= 0.6 is 11.6 Å². The number of para-hydroxylation sites is 2. The minimum atomic E-state index is -0.279. The molecule has 0 unspecified atom stereocenters. The molecule has 8 heteroatoms. The van der Waals surface area contributed by atoms with Gasteiger partial charge in [-0.15, -0.1) is 0 Å². The molecular weight excluding hydrogens is 452 g/mol. The Morgan fingerprint density at radius 3 is 2.62 bits per heavy atom. The van der Waals surface area contributed by atoms with Crippen molar-refractivity contribution in [2.75, 3.05) is 18.5 Å². The van der Waals surface area contributed by atoms with Crippen LogP contribution in [0, 0.1) is 6.92 Å². The first-order chi connectivity index (χ1) is 16.5. The number of carbonyl (C=O) groups is 1. The number of H-pyrrole nitrogens is 1. The Morgan fingerprint density at radius 1 is 1.06 bits per heavy atom. The second-order valence-corrected chi connectivity index (χ2v) is 8.25. The molecule has 3 N–H and O–H groups in total. The Morgan fingerprint density at radius 2 is 1.85 bits per heavy atom. The number of nitrogens with one attached hydrogen (secondary N) is 3. The summed E-state index contributed by atoms with van der Waals surface area (Å²) in [5.41, 5.74) is 4.71. The van der Waals surface area contributed by atoms with Gasteiger partial charge in [0.05, 0.1) is 29.2 Å². The summed E-state index contributed by atoms with van der Waals surface area (Å²) in [4.78, 5) is 20.2. The van der Waals surface area contributed by atoms with E-state index in [0.29, 0.717) is 41.9 Å². The lowest BCUT2D eigenvalue weighted by Gasteiger charge is -2.15. The smallest absolute Gasteiger partial charge is 0.262 e. The number of nitrogens with zero attached hydrogens (tertiary/aromatic N) is 1. The molecule has 0 spiro atoms. The van der Waals surface area contributed by atoms with Gasteiger partial charge in [0.1, 0.15) is 5.82 Å². The number of ether oxygens (including phenoxy) is 2. The summed E-state index contributed by atoms with van der Waals surface area (Å²) in [5, 5.41) is 6.56. The number of benzene rings is 3. The fraction of sp³-hybridized carbons (Fsp3) is 0.231. The predicted octanol–water partition coefficient (Wildman–Crippen LogP) is 5.23. The molecule has 0 saturated heterocycles. The van der Waals surface area contributed by atoms with E-state index in [9.17, 15) is 4.79 Å². The van der Waals surface area contributed by atoms with E-state index >= 15 is 0 Å². The molecule has 4 rings (SSSR count). The first kappa shape index (κ1) is 23.6. The molecule has 0 saturated carbocycles. The van der Waals surface area contributed by atoms with Gasteiger partial charge < -0.3 is 25.1 Å². The third-order valence-electron chi connectivity index (χ3n) is 5.11. The van der Waals surface area contributed by atoms with Gasteiger partial charge in [-0.2, -0.15) is 0 Å². The third-order valence-corrected chi connectivity index (χ3v) is 5.39. The number of carbonyl (C=O) groups excluding carboxylic acids is 1. The van der Waals surface area contributed by atoms with Gasteiger partial charge in [0.15, 0.2) is 18.1 Å². The molecule has 7 nitrogen and oxygen atoms in total. The minimum absolute atomic E-state index is 0.183. The Balaban J connectivity index is 1.37. The number of aryl methyl sites for hydroxylation is 1. The zero-order valence-electron chi connectivity index (χ0n) is 19.2. The minimum Gasteiger partial charge on any atom is -0.490 e. The van der Waals surface area contributed by atoms with Gasteiger partial charge in [-0.25, -0.2) is 4.98 Å². The standard InChI is InChI=1S/C26H27ClN4O3/c1-3-33-23-13-18(14-28-15-24-30-21-6-4-5-7-22(21)31-24)12-20(27)26(23)34-16-25(32)29-19-10-8-17(2)9-11-19/h4-13,28H,3,14-16H2,1-2H3,(H,29,32)(H,30,31). The van der Waals surface area contributed by atoms with Crippen LogP contribution in [0.1, 0.15) is 23.9 Å². The van der Waals surface area contributed by atoms with Crippen molar-refractivity contribution in [3.63, 3.8) is 0 Å². The molecule has 4 aromatic rings. The summed E-state index contributed by atoms with van der Waals surface area (Å²) in [6.45, 7) is 5.27. The van der Waals surface area contributed by atoms with Crippen LogP contribution in [0.25, 0.3) is 11.0 Å². The number of anilines is 1. The van der Waals surface area contributed by atoms with Gasteiger partial charge in [-0.05, 0) is 55.8 Å². The number of aromatic nitrogens is 2. The quantitative estimate of drug-likeness (QED) is 0.290. The number of amides is 1. The Kier molecular flexibility index (Phi) is 7.67. The van der Waals surface area contributed by atoms with Gasteiger partial charge in [0.25, 0.3) is 5.91 Å². The number of halogens is 1. The van der Waals surface area contributed by atoms with E-state index < -0.39 is 0 Å². The van der Waals surface area contributed by atoms with Crippen molar-refractivity contribution in [3.05, 3.63) is 82.6 Å². The van der Waals surface area contributed by atoms with Crippen LogP contribution in [-0.2, 0) is 17.9 Å². The van der Waals surface area contributed by atoms with Crippen molar-refractivity contribution in [1.29, 1.82) is 0 Å². The molecular formula is C26H27ClN4O3. The molecule has 0 aliphatic rings. The first-order valence-corrected chi connectivity index (χ1v) is 11.5. The zero-order chi connectivity index (χ0) is 23.9. The molecule has 0 atom stereocenters. The second-order valence-electron chi connectivity index (χ2n) is 7.84. The zero-order valence-corrected chi connectivity index (χ0v) is 19.9. The van der Waals surface area contributed by atoms with Crippen molar-refractivity contribution in [3.8, 4) is 11.5 Å². The van der Waals surface area contributed by atoms with Crippen LogP contribution in [-0.4, -0.2) is 29.1 Å². The highest BCUT2D eigenvalue weighted by Crippen LogP contribution is 2.36. The average molecular weight is 479 g/mol. The van der Waals surface area contributed by atoms with Crippen LogP contribution in [0.4, 0.5) is 5.69 Å². The summed E-state index contributed by atoms with van der Waals surface area (Å²) in [7, 11) is 0. The highest BCUT2D eigenvalue weighted by Gasteiger charge is 2.15. The van der Waals surface area contributed by atoms with E-state index in [2.05, 4.69) is 20.6 Å². The molecule has 1 heterocycles. The molecule has 0 bridgehead atoms. The Hall–Kier alpha value is -3.55. The van der Waals surface area contributed by atoms with Crippen LogP contribution in [0.15, 0.2) is 60.7 Å². The fourth-order valence-corrected chi connectivity index (χ4v) is 3.80. The number of fused-ring (bicyclic) bond motifs is 1. The van der Waals surface area contributed by atoms with E-state index in [0.717, 1.165) is 28.0 Å². The van der Waals surface area contributed by atoms with Gasteiger partial charge in [0.2, 0.25) is 0 Å². The molecule has 1 amide bonds. The van der Waals surface area contributed by atoms with Crippen molar-refractivity contribution in [2.45, 2.75) is 26.9 Å². The van der Waals surface area contributed by atoms with Crippen LogP contribution in [0.3, 0.4) is 0 Å². The monoisotopic (exact) mass is 478 g/mol. The van der Waals surface area contributed by atoms with E-state index in [-0.39, 0.29) is 12.5 Å². The number of aromatic amines is 1. The first-order valence-electron chi connectivity index (χ1n) is 11.1. The molecule has 0 aliphatic carbocycles. The summed E-state index contributed by atoms with van der Waals surface area (Å²) in [6.07, 6.45) is 0. The Bertz CT molecular complexity index is 1240. The number of imidazole rings is 1. The predicted molar refractivity (Wildman–Crippen MR) is 135 cm³/mol. The lowest BCUT2D eigenvalue weighted by Crippen LogP contribution is -2.20. The van der Waals surface area contributed by atoms with Crippen molar-refractivity contribution in [1.82, 2.24) is 15.3 Å². The molecule has 1 aromatic heterocycles. The summed E-state index contributed by atoms with van der Waals surface area (Å²) < 4.78 is 11.5. The average Bonchev–Trinajstić information content (AvgIpc) is 3.23. The molecule has 34 heavy (non-hydrogen) atoms. The lowest BCUT2D eigenvalue weighted by atomic mass is 10.2.